The fourth-order valence-corrected chi connectivity index (χ4v) is 6.60. The number of hydrogen-bond donors (Lipinski definition) is 0. The Labute approximate surface area is 142 Å². The van der Waals surface area contributed by atoms with Crippen molar-refractivity contribution in [1.29, 1.82) is 0 Å². The molecular formula is C9H6Cl6O3S. The summed E-state index contributed by atoms with van der Waals surface area (Å²) in [6.45, 7) is 0.0215. The van der Waals surface area contributed by atoms with Gasteiger partial charge in [0.1, 0.15) is 9.75 Å². The van der Waals surface area contributed by atoms with E-state index in [1.165, 1.54) is 0 Å². The molecule has 19 heavy (non-hydrogen) atoms. The Kier molecular flexibility index (Phi) is 3.68. The monoisotopic (exact) mass is 404 g/mol. The molecule has 0 amide bonds. The van der Waals surface area contributed by atoms with E-state index in [1.807, 2.05) is 0 Å². The van der Waals surface area contributed by atoms with Crippen LogP contribution in [0.15, 0.2) is 10.1 Å². The lowest BCUT2D eigenvalue weighted by Crippen LogP contribution is -2.45. The smallest absolute Gasteiger partial charge is 0.268 e. The van der Waals surface area contributed by atoms with Crippen LogP contribution >= 0.6 is 69.6 Å². The van der Waals surface area contributed by atoms with E-state index in [9.17, 15) is 4.21 Å². The summed E-state index contributed by atoms with van der Waals surface area (Å²) in [6, 6.07) is 0. The predicted octanol–water partition coefficient (Wildman–Crippen LogP) is 3.69. The van der Waals surface area contributed by atoms with Crippen LogP contribution in [0.4, 0.5) is 0 Å². The van der Waals surface area contributed by atoms with Crippen molar-refractivity contribution in [3.05, 3.63) is 10.1 Å². The Bertz CT molecular complexity index is 470. The molecule has 108 valence electrons. The maximum atomic E-state index is 11.3. The first-order chi connectivity index (χ1) is 8.69. The Morgan fingerprint density at radius 1 is 0.947 bits per heavy atom. The molecule has 3 aliphatic rings. The normalized spacial score (nSPS) is 52.2. The van der Waals surface area contributed by atoms with Crippen LogP contribution in [0.3, 0.4) is 0 Å². The van der Waals surface area contributed by atoms with E-state index in [1.54, 1.807) is 0 Å². The summed E-state index contributed by atoms with van der Waals surface area (Å²) in [6.07, 6.45) is 0. The molecule has 0 radical (unpaired) electrons. The maximum Gasteiger partial charge on any atom is 0.304 e. The van der Waals surface area contributed by atoms with Gasteiger partial charge in [-0.3, -0.25) is 8.37 Å². The summed E-state index contributed by atoms with van der Waals surface area (Å²) in [5, 5.41) is 0.210. The molecule has 1 saturated heterocycles. The van der Waals surface area contributed by atoms with Crippen LogP contribution in [-0.2, 0) is 19.7 Å². The lowest BCUT2D eigenvalue weighted by molar-refractivity contribution is 0.207. The quantitative estimate of drug-likeness (QED) is 0.575. The van der Waals surface area contributed by atoms with Gasteiger partial charge < -0.3 is 0 Å². The van der Waals surface area contributed by atoms with E-state index in [4.69, 9.17) is 78.0 Å². The molecule has 1 saturated carbocycles. The van der Waals surface area contributed by atoms with E-state index >= 15 is 0 Å². The standard InChI is InChI=1S/C9H6Cl6O3S/c10-5-6(11)8(13)4-2-18-19(16)17-1-3(4)7(5,12)9(8,14)15/h3-4H,1-2H2/t3-,4+,7?,8?,19?. The number of fused-ring (bicyclic) bond motifs is 5. The summed E-state index contributed by atoms with van der Waals surface area (Å²) in [5.74, 6) is -0.911. The van der Waals surface area contributed by atoms with E-state index in [0.29, 0.717) is 0 Å². The maximum absolute atomic E-state index is 11.3. The highest BCUT2D eigenvalue weighted by molar-refractivity contribution is 7.75. The van der Waals surface area contributed by atoms with Gasteiger partial charge in [0, 0.05) is 11.8 Å². The second kappa shape index (κ2) is 4.53. The lowest BCUT2D eigenvalue weighted by atomic mass is 9.83. The first-order valence-corrected chi connectivity index (χ1v) is 8.46. The minimum absolute atomic E-state index is 0.0107. The highest BCUT2D eigenvalue weighted by Gasteiger charge is 2.82. The molecule has 1 aliphatic heterocycles. The van der Waals surface area contributed by atoms with Gasteiger partial charge in [0.15, 0.2) is 4.33 Å². The van der Waals surface area contributed by atoms with Gasteiger partial charge in [-0.2, -0.15) is 4.21 Å². The van der Waals surface area contributed by atoms with Gasteiger partial charge in [-0.1, -0.05) is 46.4 Å². The third kappa shape index (κ3) is 1.59. The van der Waals surface area contributed by atoms with Gasteiger partial charge in [0.2, 0.25) is 0 Å². The minimum Gasteiger partial charge on any atom is -0.268 e. The van der Waals surface area contributed by atoms with Crippen molar-refractivity contribution < 1.29 is 12.6 Å². The molecule has 2 aliphatic carbocycles. The van der Waals surface area contributed by atoms with Crippen molar-refractivity contribution >= 4 is 81.0 Å². The number of allylic oxidation sites excluding steroid dienone is 2. The molecule has 0 aromatic rings. The van der Waals surface area contributed by atoms with Crippen molar-refractivity contribution in [2.24, 2.45) is 11.8 Å². The number of rotatable bonds is 0. The molecule has 5 atom stereocenters. The summed E-state index contributed by atoms with van der Waals surface area (Å²) in [4.78, 5) is -2.78. The largest absolute Gasteiger partial charge is 0.304 e. The Hall–Kier alpha value is 1.55. The van der Waals surface area contributed by atoms with Crippen LogP contribution in [0.5, 0.6) is 0 Å². The fourth-order valence-electron chi connectivity index (χ4n) is 2.96. The van der Waals surface area contributed by atoms with Crippen molar-refractivity contribution in [3.63, 3.8) is 0 Å². The summed E-state index contributed by atoms with van der Waals surface area (Å²) >= 11 is 36.4. The molecule has 0 aromatic heterocycles. The van der Waals surface area contributed by atoms with Crippen LogP contribution in [-0.4, -0.2) is 31.5 Å². The van der Waals surface area contributed by atoms with Crippen LogP contribution in [0.25, 0.3) is 0 Å². The highest BCUT2D eigenvalue weighted by atomic mass is 35.5. The zero-order chi connectivity index (χ0) is 14.2. The third-order valence-corrected chi connectivity index (χ3v) is 8.95. The summed E-state index contributed by atoms with van der Waals surface area (Å²) in [5.41, 5.74) is 0. The molecule has 0 spiro atoms. The topological polar surface area (TPSA) is 35.5 Å². The number of hydrogen-bond acceptors (Lipinski definition) is 3. The molecule has 10 heteroatoms. The van der Waals surface area contributed by atoms with E-state index in [2.05, 4.69) is 0 Å². The average molecular weight is 407 g/mol. The first kappa shape index (κ1) is 15.4. The first-order valence-electron chi connectivity index (χ1n) is 5.19. The molecule has 2 fully saturated rings. The van der Waals surface area contributed by atoms with Crippen molar-refractivity contribution in [3.8, 4) is 0 Å². The van der Waals surface area contributed by atoms with E-state index in [-0.39, 0.29) is 23.3 Å². The molecule has 3 nitrogen and oxygen atoms in total. The van der Waals surface area contributed by atoms with Gasteiger partial charge in [0.25, 0.3) is 0 Å². The van der Waals surface area contributed by atoms with Gasteiger partial charge in [-0.15, -0.1) is 23.2 Å². The SMILES string of the molecule is O=S1OC[C@@H]2[C@H](CO1)C1(Cl)C(Cl)=C(Cl)C2(Cl)C1(Cl)Cl. The van der Waals surface area contributed by atoms with E-state index in [0.717, 1.165) is 0 Å². The van der Waals surface area contributed by atoms with Crippen LogP contribution in [0.2, 0.25) is 0 Å². The fraction of sp³-hybridized carbons (Fsp3) is 0.778. The van der Waals surface area contributed by atoms with E-state index < -0.39 is 37.3 Å². The van der Waals surface area contributed by atoms with Crippen LogP contribution in [0.1, 0.15) is 0 Å². The van der Waals surface area contributed by atoms with Gasteiger partial charge in [-0.05, 0) is 0 Å². The Morgan fingerprint density at radius 2 is 1.32 bits per heavy atom. The average Bonchev–Trinajstić information content (AvgIpc) is 2.54. The lowest BCUT2D eigenvalue weighted by Gasteiger charge is -2.33. The van der Waals surface area contributed by atoms with Crippen molar-refractivity contribution in [2.45, 2.75) is 14.1 Å². The minimum atomic E-state index is -1.86. The summed E-state index contributed by atoms with van der Waals surface area (Å²) < 4.78 is 19.7. The summed E-state index contributed by atoms with van der Waals surface area (Å²) in [7, 11) is 0. The second-order valence-corrected chi connectivity index (χ2v) is 8.77. The molecule has 1 heterocycles. The van der Waals surface area contributed by atoms with Crippen LogP contribution < -0.4 is 0 Å². The molecule has 2 bridgehead atoms. The van der Waals surface area contributed by atoms with Crippen molar-refractivity contribution in [2.75, 3.05) is 13.2 Å². The predicted molar refractivity (Wildman–Crippen MR) is 77.4 cm³/mol. The third-order valence-electron chi connectivity index (χ3n) is 3.94. The zero-order valence-electron chi connectivity index (χ0n) is 8.97. The number of halogens is 6. The van der Waals surface area contributed by atoms with Gasteiger partial charge in [0.05, 0.1) is 23.3 Å². The molecule has 0 aromatic carbocycles. The molecule has 3 rings (SSSR count). The zero-order valence-corrected chi connectivity index (χ0v) is 14.3. The van der Waals surface area contributed by atoms with Gasteiger partial charge in [-0.25, -0.2) is 0 Å². The highest BCUT2D eigenvalue weighted by Crippen LogP contribution is 2.76. The molecule has 3 unspecified atom stereocenters. The number of alkyl halides is 4. The molecule has 0 N–H and O–H groups in total. The van der Waals surface area contributed by atoms with Crippen LogP contribution in [0, 0.1) is 11.8 Å². The Morgan fingerprint density at radius 3 is 1.68 bits per heavy atom. The second-order valence-electron chi connectivity index (χ2n) is 4.61. The molecular weight excluding hydrogens is 401 g/mol. The van der Waals surface area contributed by atoms with Crippen molar-refractivity contribution in [1.82, 2.24) is 0 Å². The Balaban J connectivity index is 2.19. The van der Waals surface area contributed by atoms with Gasteiger partial charge >= 0.3 is 11.4 Å².